The molecule has 2 heterocycles. The van der Waals surface area contributed by atoms with Gasteiger partial charge in [-0.3, -0.25) is 0 Å². The van der Waals surface area contributed by atoms with Crippen molar-refractivity contribution < 1.29 is 4.57 Å². The van der Waals surface area contributed by atoms with Crippen molar-refractivity contribution in [1.82, 2.24) is 4.98 Å². The van der Waals surface area contributed by atoms with E-state index in [-0.39, 0.29) is 0 Å². The fraction of sp³-hybridized carbons (Fsp3) is 0.0556. The van der Waals surface area contributed by atoms with Gasteiger partial charge in [0.1, 0.15) is 11.5 Å². The number of benzene rings is 2. The number of hydrogen-bond donors (Lipinski definition) is 2. The SMILES string of the molecule is C[n+]1c(-c2ccccc2)csc1/N=N/c1[nH]c(N)c2ccccc12. The lowest BCUT2D eigenvalue weighted by atomic mass is 10.2. The van der Waals surface area contributed by atoms with Gasteiger partial charge in [-0.25, -0.2) is 4.57 Å². The van der Waals surface area contributed by atoms with E-state index in [1.54, 1.807) is 11.3 Å². The Kier molecular flexibility index (Phi) is 3.59. The fourth-order valence-electron chi connectivity index (χ4n) is 2.69. The second kappa shape index (κ2) is 5.90. The molecule has 0 atom stereocenters. The number of hydrogen-bond acceptors (Lipinski definition) is 4. The number of aromatic amines is 1. The van der Waals surface area contributed by atoms with E-state index in [1.807, 2.05) is 54.1 Å². The highest BCUT2D eigenvalue weighted by atomic mass is 32.1. The molecule has 0 saturated heterocycles. The Morgan fingerprint density at radius 2 is 1.67 bits per heavy atom. The molecule has 0 amide bonds. The minimum absolute atomic E-state index is 0.611. The molecule has 4 rings (SSSR count). The molecule has 0 unspecified atom stereocenters. The van der Waals surface area contributed by atoms with Crippen LogP contribution in [0.4, 0.5) is 16.8 Å². The Morgan fingerprint density at radius 3 is 2.46 bits per heavy atom. The van der Waals surface area contributed by atoms with Gasteiger partial charge in [0.05, 0.1) is 12.2 Å². The molecule has 0 saturated carbocycles. The van der Waals surface area contributed by atoms with Crippen LogP contribution in [0.15, 0.2) is 70.2 Å². The average molecular weight is 334 g/mol. The quantitative estimate of drug-likeness (QED) is 0.413. The normalized spacial score (nSPS) is 11.5. The Morgan fingerprint density at radius 1 is 0.958 bits per heavy atom. The van der Waals surface area contributed by atoms with Crippen LogP contribution in [0.3, 0.4) is 0 Å². The van der Waals surface area contributed by atoms with Crippen molar-refractivity contribution in [3.63, 3.8) is 0 Å². The van der Waals surface area contributed by atoms with Gasteiger partial charge >= 0.3 is 5.13 Å². The Labute approximate surface area is 143 Å². The van der Waals surface area contributed by atoms with E-state index >= 15 is 0 Å². The zero-order valence-electron chi connectivity index (χ0n) is 13.1. The van der Waals surface area contributed by atoms with Gasteiger partial charge in [-0.1, -0.05) is 54.6 Å². The van der Waals surface area contributed by atoms with Gasteiger partial charge in [0, 0.05) is 21.7 Å². The number of azo groups is 1. The van der Waals surface area contributed by atoms with Crippen LogP contribution in [0.5, 0.6) is 0 Å². The molecule has 0 spiro atoms. The number of nitrogens with one attached hydrogen (secondary N) is 1. The molecule has 0 radical (unpaired) electrons. The van der Waals surface area contributed by atoms with Crippen LogP contribution in [-0.2, 0) is 7.05 Å². The molecule has 2 aromatic heterocycles. The van der Waals surface area contributed by atoms with Gasteiger partial charge in [-0.05, 0) is 16.5 Å². The van der Waals surface area contributed by atoms with E-state index in [9.17, 15) is 0 Å². The predicted molar refractivity (Wildman–Crippen MR) is 97.8 cm³/mol. The van der Waals surface area contributed by atoms with Crippen LogP contribution < -0.4 is 10.3 Å². The molecular formula is C18H16N5S+. The molecule has 3 N–H and O–H groups in total. The van der Waals surface area contributed by atoms with Crippen molar-refractivity contribution in [3.8, 4) is 11.3 Å². The largest absolute Gasteiger partial charge is 0.408 e. The van der Waals surface area contributed by atoms with Gasteiger partial charge in [-0.15, -0.1) is 0 Å². The first-order valence-electron chi connectivity index (χ1n) is 7.55. The number of thiazole rings is 1. The molecule has 2 aromatic carbocycles. The molecule has 0 fully saturated rings. The van der Waals surface area contributed by atoms with Gasteiger partial charge in [-0.2, -0.15) is 0 Å². The second-order valence-corrected chi connectivity index (χ2v) is 6.30. The first kappa shape index (κ1) is 14.6. The summed E-state index contributed by atoms with van der Waals surface area (Å²) in [4.78, 5) is 3.09. The number of H-pyrrole nitrogens is 1. The van der Waals surface area contributed by atoms with Crippen LogP contribution in [0.1, 0.15) is 0 Å². The summed E-state index contributed by atoms with van der Waals surface area (Å²) in [6, 6.07) is 18.1. The fourth-order valence-corrected chi connectivity index (χ4v) is 3.54. The van der Waals surface area contributed by atoms with Crippen molar-refractivity contribution in [2.45, 2.75) is 0 Å². The van der Waals surface area contributed by atoms with E-state index in [0.29, 0.717) is 11.6 Å². The van der Waals surface area contributed by atoms with E-state index in [4.69, 9.17) is 5.73 Å². The van der Waals surface area contributed by atoms with Crippen LogP contribution in [-0.4, -0.2) is 4.98 Å². The molecule has 6 heteroatoms. The lowest BCUT2D eigenvalue weighted by Gasteiger charge is -1.96. The van der Waals surface area contributed by atoms with Crippen LogP contribution in [0.25, 0.3) is 22.0 Å². The number of aromatic nitrogens is 2. The predicted octanol–water partition coefficient (Wildman–Crippen LogP) is 4.72. The number of anilines is 1. The highest BCUT2D eigenvalue weighted by Gasteiger charge is 2.17. The molecule has 118 valence electrons. The third-order valence-electron chi connectivity index (χ3n) is 3.95. The zero-order valence-corrected chi connectivity index (χ0v) is 13.9. The number of nitrogen functional groups attached to an aromatic ring is 1. The van der Waals surface area contributed by atoms with Gasteiger partial charge in [0.15, 0.2) is 5.82 Å². The van der Waals surface area contributed by atoms with Gasteiger partial charge < -0.3 is 10.7 Å². The van der Waals surface area contributed by atoms with Crippen molar-refractivity contribution in [3.05, 3.63) is 60.0 Å². The number of rotatable bonds is 3. The summed E-state index contributed by atoms with van der Waals surface area (Å²) in [5.74, 6) is 1.29. The molecule has 0 aliphatic carbocycles. The Bertz CT molecular complexity index is 1030. The molecule has 24 heavy (non-hydrogen) atoms. The second-order valence-electron chi connectivity index (χ2n) is 5.46. The van der Waals surface area contributed by atoms with E-state index in [1.165, 1.54) is 0 Å². The summed E-state index contributed by atoms with van der Waals surface area (Å²) < 4.78 is 2.04. The minimum Gasteiger partial charge on any atom is -0.385 e. The zero-order chi connectivity index (χ0) is 16.5. The number of nitrogens with zero attached hydrogens (tertiary/aromatic N) is 3. The van der Waals surface area contributed by atoms with Gasteiger partial charge in [0.2, 0.25) is 0 Å². The monoisotopic (exact) mass is 334 g/mol. The summed E-state index contributed by atoms with van der Waals surface area (Å²) in [6.45, 7) is 0. The van der Waals surface area contributed by atoms with Crippen molar-refractivity contribution >= 4 is 38.9 Å². The maximum Gasteiger partial charge on any atom is 0.408 e. The average Bonchev–Trinajstić information content (AvgIpc) is 3.15. The first-order valence-corrected chi connectivity index (χ1v) is 8.43. The van der Waals surface area contributed by atoms with E-state index in [2.05, 4.69) is 32.7 Å². The Balaban J connectivity index is 1.71. The third kappa shape index (κ3) is 2.47. The summed E-state index contributed by atoms with van der Waals surface area (Å²) >= 11 is 1.56. The van der Waals surface area contributed by atoms with Gasteiger partial charge in [0.25, 0.3) is 0 Å². The molecule has 4 aromatic rings. The number of fused-ring (bicyclic) bond motifs is 1. The maximum atomic E-state index is 6.00. The van der Waals surface area contributed by atoms with Crippen molar-refractivity contribution in [2.75, 3.05) is 5.73 Å². The summed E-state index contributed by atoms with van der Waals surface area (Å²) in [7, 11) is 1.99. The van der Waals surface area contributed by atoms with E-state index in [0.717, 1.165) is 27.2 Å². The number of nitrogens with two attached hydrogens (primary N) is 1. The standard InChI is InChI=1S/C18H15N5S/c1-23-15(12-7-3-2-4-8-12)11-24-18(23)22-21-17-14-10-6-5-9-13(14)16(19)20-17/h2-11H,1H3,(H2,19,20,21)/p+1. The molecule has 0 aliphatic heterocycles. The maximum absolute atomic E-state index is 6.00. The minimum atomic E-state index is 0.611. The third-order valence-corrected chi connectivity index (χ3v) is 4.86. The van der Waals surface area contributed by atoms with Crippen LogP contribution in [0, 0.1) is 0 Å². The Hall–Kier alpha value is -2.99. The summed E-state index contributed by atoms with van der Waals surface area (Å²) in [5, 5.41) is 13.6. The lowest BCUT2D eigenvalue weighted by Crippen LogP contribution is -2.27. The molecule has 5 nitrogen and oxygen atoms in total. The topological polar surface area (TPSA) is 70.4 Å². The smallest absolute Gasteiger partial charge is 0.385 e. The molecular weight excluding hydrogens is 318 g/mol. The van der Waals surface area contributed by atoms with Crippen molar-refractivity contribution in [1.29, 1.82) is 0 Å². The highest BCUT2D eigenvalue weighted by Crippen LogP contribution is 2.32. The lowest BCUT2D eigenvalue weighted by molar-refractivity contribution is -0.643. The van der Waals surface area contributed by atoms with Crippen LogP contribution in [0.2, 0.25) is 0 Å². The summed E-state index contributed by atoms with van der Waals surface area (Å²) in [5.41, 5.74) is 8.27. The molecule has 0 bridgehead atoms. The van der Waals surface area contributed by atoms with E-state index < -0.39 is 0 Å². The highest BCUT2D eigenvalue weighted by molar-refractivity contribution is 7.13. The molecule has 0 aliphatic rings. The van der Waals surface area contributed by atoms with Crippen LogP contribution >= 0.6 is 11.3 Å². The first-order chi connectivity index (χ1) is 11.7. The van der Waals surface area contributed by atoms with Crippen molar-refractivity contribution in [2.24, 2.45) is 17.3 Å². The summed E-state index contributed by atoms with van der Waals surface area (Å²) in [6.07, 6.45) is 0.